The van der Waals surface area contributed by atoms with Gasteiger partial charge in [-0.1, -0.05) is 6.92 Å². The average molecular weight is 302 g/mol. The van der Waals surface area contributed by atoms with Gasteiger partial charge in [0.05, 0.1) is 0 Å². The molecule has 0 heterocycles. The van der Waals surface area contributed by atoms with Crippen molar-refractivity contribution in [3.63, 3.8) is 0 Å². The van der Waals surface area contributed by atoms with Gasteiger partial charge in [-0.25, -0.2) is 0 Å². The van der Waals surface area contributed by atoms with Crippen LogP contribution in [0.1, 0.15) is 66.7 Å². The van der Waals surface area contributed by atoms with E-state index in [0.29, 0.717) is 25.0 Å². The normalized spacial score (nSPS) is 12.7. The maximum absolute atomic E-state index is 10.4. The van der Waals surface area contributed by atoms with Gasteiger partial charge in [0.1, 0.15) is 5.78 Å². The topological polar surface area (TPSA) is 75.7 Å². The number of hydrogen-bond donors (Lipinski definition) is 0. The van der Waals surface area contributed by atoms with E-state index in [4.69, 9.17) is 7.58 Å². The summed E-state index contributed by atoms with van der Waals surface area (Å²) in [4.78, 5) is 20.2. The van der Waals surface area contributed by atoms with Gasteiger partial charge in [0, 0.05) is 18.8 Å². The summed E-state index contributed by atoms with van der Waals surface area (Å²) in [5.74, 6) is -1.54. The fourth-order valence-electron chi connectivity index (χ4n) is 0.942. The Morgan fingerprint density at radius 1 is 1.05 bits per heavy atom. The van der Waals surface area contributed by atoms with Gasteiger partial charge in [-0.2, -0.15) is 0 Å². The smallest absolute Gasteiger partial charge is 0.138 e. The second kappa shape index (κ2) is 15.0. The summed E-state index contributed by atoms with van der Waals surface area (Å²) < 4.78 is 10.8. The summed E-state index contributed by atoms with van der Waals surface area (Å²) in [6, 6.07) is 0. The second-order valence-corrected chi connectivity index (χ2v) is 5.38. The van der Waals surface area contributed by atoms with E-state index in [-0.39, 0.29) is 21.7 Å². The minimum absolute atomic E-state index is 0.250. The van der Waals surface area contributed by atoms with Crippen LogP contribution in [0.15, 0.2) is 0 Å². The van der Waals surface area contributed by atoms with Crippen LogP contribution < -0.4 is 5.11 Å². The first kappa shape index (κ1) is 21.9. The molecule has 5 nitrogen and oxygen atoms in total. The Bertz CT molecular complexity index is 248. The quantitative estimate of drug-likeness (QED) is 0.453. The molecule has 0 aliphatic rings. The first-order chi connectivity index (χ1) is 9.37. The van der Waals surface area contributed by atoms with E-state index in [0.717, 1.165) is 12.8 Å². The largest absolute Gasteiger partial charge is 0.550 e. The number of carbonyl (C=O) groups excluding carboxylic acids is 2. The summed E-state index contributed by atoms with van der Waals surface area (Å²) in [5.41, 5.74) is 0. The third-order valence-electron chi connectivity index (χ3n) is 2.60. The predicted octanol–water partition coefficient (Wildman–Crippen LogP) is 1.65. The molecular formula is C14H27AlO5. The van der Waals surface area contributed by atoms with Crippen LogP contribution in [0.3, 0.4) is 0 Å². The molecule has 0 amide bonds. The number of carboxylic acid groups (broad SMARTS) is 1. The van der Waals surface area contributed by atoms with Crippen LogP contribution in [-0.4, -0.2) is 39.8 Å². The van der Waals surface area contributed by atoms with E-state index in [1.807, 2.05) is 6.92 Å². The van der Waals surface area contributed by atoms with E-state index < -0.39 is 12.4 Å². The zero-order valence-electron chi connectivity index (χ0n) is 13.3. The third kappa shape index (κ3) is 17.6. The fourth-order valence-corrected chi connectivity index (χ4v) is 1.77. The molecule has 0 aromatic rings. The Morgan fingerprint density at radius 3 is 1.80 bits per heavy atom. The van der Waals surface area contributed by atoms with Crippen LogP contribution >= 0.6 is 0 Å². The molecule has 2 atom stereocenters. The number of ketones is 1. The van der Waals surface area contributed by atoms with E-state index in [1.54, 1.807) is 0 Å². The third-order valence-corrected chi connectivity index (χ3v) is 3.75. The summed E-state index contributed by atoms with van der Waals surface area (Å²) in [5, 5.41) is 9.75. The first-order valence-electron chi connectivity index (χ1n) is 7.21. The van der Waals surface area contributed by atoms with Crippen molar-refractivity contribution in [1.29, 1.82) is 0 Å². The molecule has 0 saturated carbocycles. The minimum Gasteiger partial charge on any atom is -0.550 e. The van der Waals surface area contributed by atoms with E-state index in [9.17, 15) is 14.7 Å². The van der Waals surface area contributed by atoms with Crippen LogP contribution in [0, 0.1) is 0 Å². The van der Waals surface area contributed by atoms with E-state index in [2.05, 4.69) is 27.7 Å². The molecule has 0 aromatic heterocycles. The molecule has 0 aromatic carbocycles. The molecular weight excluding hydrogens is 275 g/mol. The van der Waals surface area contributed by atoms with Crippen molar-refractivity contribution in [2.75, 3.05) is 0 Å². The van der Waals surface area contributed by atoms with Crippen LogP contribution in [0.4, 0.5) is 0 Å². The van der Waals surface area contributed by atoms with Gasteiger partial charge in [-0.15, -0.1) is 0 Å². The molecule has 0 saturated heterocycles. The van der Waals surface area contributed by atoms with Gasteiger partial charge in [-0.3, -0.25) is 4.79 Å². The van der Waals surface area contributed by atoms with Gasteiger partial charge >= 0.3 is 76.2 Å². The second-order valence-electron chi connectivity index (χ2n) is 4.64. The first-order valence-corrected chi connectivity index (χ1v) is 8.15. The molecule has 0 radical (unpaired) electrons. The Balaban J connectivity index is 0. The number of carboxylic acids is 1. The summed E-state index contributed by atoms with van der Waals surface area (Å²) in [6.07, 6.45) is 3.45. The number of rotatable bonds is 10. The fraction of sp³-hybridized carbons (Fsp3) is 0.857. The van der Waals surface area contributed by atoms with Crippen LogP contribution in [0.25, 0.3) is 0 Å². The molecule has 0 N–H and O–H groups in total. The number of hydrogen-bond acceptors (Lipinski definition) is 5. The van der Waals surface area contributed by atoms with Crippen molar-refractivity contribution >= 4 is 27.6 Å². The summed E-state index contributed by atoms with van der Waals surface area (Å²) in [6.45, 7) is 10.2. The molecule has 0 aliphatic carbocycles. The van der Waals surface area contributed by atoms with Crippen LogP contribution in [0.5, 0.6) is 0 Å². The zero-order chi connectivity index (χ0) is 16.0. The number of carbonyl (C=O) groups is 2. The molecule has 0 spiro atoms. The maximum Gasteiger partial charge on any atom is 0.138 e. The number of aliphatic carboxylic acids is 1. The Hall–Kier alpha value is -0.408. The Morgan fingerprint density at radius 2 is 1.50 bits per heavy atom. The van der Waals surface area contributed by atoms with E-state index in [1.165, 1.54) is 0 Å². The van der Waals surface area contributed by atoms with Gasteiger partial charge in [0.15, 0.2) is 0 Å². The Labute approximate surface area is 129 Å². The SMILES string of the molecule is CCC(C)[O][Al+][O]C(C)CC.CCCC(=O)CC(=O)[O-]. The van der Waals surface area contributed by atoms with Crippen LogP contribution in [0.2, 0.25) is 0 Å². The maximum atomic E-state index is 10.4. The molecule has 0 bridgehead atoms. The molecule has 20 heavy (non-hydrogen) atoms. The predicted molar refractivity (Wildman–Crippen MR) is 77.0 cm³/mol. The van der Waals surface area contributed by atoms with Crippen molar-refractivity contribution in [2.24, 2.45) is 0 Å². The summed E-state index contributed by atoms with van der Waals surface area (Å²) in [7, 11) is 0. The standard InChI is InChI=1S/C6H10O3.2C4H9O.Al/c1-2-3-5(7)4-6(8)9;2*1-3-4(2)5;/h2-4H2,1H3,(H,8,9);2*4H,3H2,1-2H3;/q;2*-1;+3/p-1. The molecule has 116 valence electrons. The molecule has 6 heteroatoms. The Kier molecular flexibility index (Phi) is 16.4. The van der Waals surface area contributed by atoms with Crippen LogP contribution in [-0.2, 0) is 17.2 Å². The van der Waals surface area contributed by atoms with Crippen molar-refractivity contribution in [1.82, 2.24) is 0 Å². The molecule has 0 rings (SSSR count). The van der Waals surface area contributed by atoms with Crippen molar-refractivity contribution in [3.8, 4) is 0 Å². The van der Waals surface area contributed by atoms with Gasteiger partial charge in [0.2, 0.25) is 0 Å². The van der Waals surface area contributed by atoms with E-state index >= 15 is 0 Å². The number of Topliss-reactive ketones (excluding diaryl/α,β-unsaturated/α-hetero) is 1. The molecule has 0 fully saturated rings. The van der Waals surface area contributed by atoms with Gasteiger partial charge in [0.25, 0.3) is 0 Å². The molecule has 2 unspecified atom stereocenters. The van der Waals surface area contributed by atoms with Gasteiger partial charge in [-0.05, 0) is 6.42 Å². The van der Waals surface area contributed by atoms with Gasteiger partial charge < -0.3 is 9.90 Å². The monoisotopic (exact) mass is 302 g/mol. The zero-order valence-corrected chi connectivity index (χ0v) is 14.5. The summed E-state index contributed by atoms with van der Waals surface area (Å²) >= 11 is -0.250. The van der Waals surface area contributed by atoms with Crippen molar-refractivity contribution in [3.05, 3.63) is 0 Å². The van der Waals surface area contributed by atoms with Crippen molar-refractivity contribution < 1.29 is 22.3 Å². The van der Waals surface area contributed by atoms with Crippen molar-refractivity contribution in [2.45, 2.75) is 78.9 Å². The minimum atomic E-state index is -1.28. The molecule has 0 aliphatic heterocycles. The average Bonchev–Trinajstić information content (AvgIpc) is 2.38.